The average molecular weight is 350 g/mol. The molecule has 0 atom stereocenters. The molecule has 8 heteroatoms. The Morgan fingerprint density at radius 3 is 2.58 bits per heavy atom. The molecule has 1 aliphatic rings. The molecule has 0 unspecified atom stereocenters. The number of likely N-dealkylation sites (N-methyl/N-ethyl adjacent to an activating group) is 1. The van der Waals surface area contributed by atoms with Crippen LogP contribution in [0.4, 0.5) is 0 Å². The third-order valence-corrected chi connectivity index (χ3v) is 5.67. The third kappa shape index (κ3) is 3.22. The minimum Gasteiger partial charge on any atom is -0.465 e. The van der Waals surface area contributed by atoms with Gasteiger partial charge in [0.15, 0.2) is 0 Å². The fourth-order valence-electron chi connectivity index (χ4n) is 3.03. The number of nitrogens with one attached hydrogen (secondary N) is 1. The van der Waals surface area contributed by atoms with Gasteiger partial charge in [0, 0.05) is 26.2 Å². The maximum Gasteiger partial charge on any atom is 0.348 e. The van der Waals surface area contributed by atoms with Gasteiger partial charge in [-0.2, -0.15) is 0 Å². The number of aryl methyl sites for hydroxylation is 1. The first-order valence-electron chi connectivity index (χ1n) is 8.08. The lowest BCUT2D eigenvalue weighted by molar-refractivity contribution is 0.0605. The van der Waals surface area contributed by atoms with E-state index in [1.54, 1.807) is 6.92 Å². The molecule has 0 aromatic carbocycles. The van der Waals surface area contributed by atoms with Crippen LogP contribution in [-0.4, -0.2) is 65.6 Å². The Morgan fingerprint density at radius 2 is 1.96 bits per heavy atom. The number of piperazine rings is 1. The normalized spacial score (nSPS) is 16.6. The van der Waals surface area contributed by atoms with Gasteiger partial charge < -0.3 is 14.6 Å². The van der Waals surface area contributed by atoms with Crippen molar-refractivity contribution >= 4 is 27.5 Å². The van der Waals surface area contributed by atoms with Crippen LogP contribution < -0.4 is 5.56 Å². The van der Waals surface area contributed by atoms with Crippen molar-refractivity contribution in [3.63, 3.8) is 0 Å². The number of aromatic nitrogens is 2. The molecule has 0 radical (unpaired) electrons. The van der Waals surface area contributed by atoms with E-state index in [0.717, 1.165) is 32.7 Å². The molecular weight excluding hydrogens is 328 g/mol. The molecule has 2 aromatic rings. The monoisotopic (exact) mass is 350 g/mol. The number of methoxy groups -OCH3 is 1. The summed E-state index contributed by atoms with van der Waals surface area (Å²) in [5.41, 5.74) is 0.449. The maximum atomic E-state index is 12.4. The highest BCUT2D eigenvalue weighted by atomic mass is 32.1. The van der Waals surface area contributed by atoms with Crippen LogP contribution in [0.25, 0.3) is 10.2 Å². The van der Waals surface area contributed by atoms with Gasteiger partial charge in [0.2, 0.25) is 0 Å². The number of hydrogen-bond acceptors (Lipinski definition) is 7. The van der Waals surface area contributed by atoms with Crippen LogP contribution in [0, 0.1) is 6.92 Å². The van der Waals surface area contributed by atoms with E-state index in [0.29, 0.717) is 33.0 Å². The second kappa shape index (κ2) is 7.00. The highest BCUT2D eigenvalue weighted by Crippen LogP contribution is 2.27. The predicted octanol–water partition coefficient (Wildman–Crippen LogP) is 1.22. The number of carbonyl (C=O) groups excluding carboxylic acids is 1. The van der Waals surface area contributed by atoms with Crippen molar-refractivity contribution in [3.05, 3.63) is 26.6 Å². The maximum absolute atomic E-state index is 12.4. The summed E-state index contributed by atoms with van der Waals surface area (Å²) in [5, 5.41) is 0.486. The molecule has 1 fully saturated rings. The van der Waals surface area contributed by atoms with E-state index in [1.165, 1.54) is 18.4 Å². The van der Waals surface area contributed by atoms with Gasteiger partial charge in [-0.05, 0) is 19.0 Å². The second-order valence-corrected chi connectivity index (χ2v) is 6.95. The van der Waals surface area contributed by atoms with Crippen LogP contribution in [0.3, 0.4) is 0 Å². The Kier molecular flexibility index (Phi) is 4.98. The predicted molar refractivity (Wildman–Crippen MR) is 93.7 cm³/mol. The molecule has 0 aliphatic carbocycles. The molecule has 2 aromatic heterocycles. The fourth-order valence-corrected chi connectivity index (χ4v) is 4.15. The van der Waals surface area contributed by atoms with E-state index in [1.807, 2.05) is 0 Å². The molecule has 1 aliphatic heterocycles. The highest BCUT2D eigenvalue weighted by Gasteiger charge is 2.21. The van der Waals surface area contributed by atoms with Crippen molar-refractivity contribution in [1.82, 2.24) is 19.8 Å². The Labute approximate surface area is 144 Å². The van der Waals surface area contributed by atoms with Crippen molar-refractivity contribution in [2.24, 2.45) is 0 Å². The van der Waals surface area contributed by atoms with Gasteiger partial charge >= 0.3 is 5.97 Å². The van der Waals surface area contributed by atoms with Crippen LogP contribution in [0.5, 0.6) is 0 Å². The summed E-state index contributed by atoms with van der Waals surface area (Å²) in [7, 11) is 1.34. The number of esters is 1. The van der Waals surface area contributed by atoms with Crippen LogP contribution in [-0.2, 0) is 11.3 Å². The summed E-state index contributed by atoms with van der Waals surface area (Å²) in [4.78, 5) is 37.4. The lowest BCUT2D eigenvalue weighted by Crippen LogP contribution is -2.45. The van der Waals surface area contributed by atoms with Gasteiger partial charge in [-0.3, -0.25) is 9.69 Å². The van der Waals surface area contributed by atoms with Crippen LogP contribution in [0.1, 0.15) is 28.0 Å². The van der Waals surface area contributed by atoms with Crippen LogP contribution >= 0.6 is 11.3 Å². The van der Waals surface area contributed by atoms with Crippen molar-refractivity contribution in [3.8, 4) is 0 Å². The molecule has 1 saturated heterocycles. The molecule has 0 saturated carbocycles. The lowest BCUT2D eigenvalue weighted by Gasteiger charge is -2.33. The van der Waals surface area contributed by atoms with E-state index in [4.69, 9.17) is 4.74 Å². The van der Waals surface area contributed by atoms with Gasteiger partial charge in [0.1, 0.15) is 15.5 Å². The molecule has 3 heterocycles. The minimum absolute atomic E-state index is 0.189. The number of nitrogens with zero attached hydrogens (tertiary/aromatic N) is 3. The van der Waals surface area contributed by atoms with Crippen molar-refractivity contribution in [2.45, 2.75) is 20.4 Å². The topological polar surface area (TPSA) is 78.5 Å². The first-order valence-corrected chi connectivity index (χ1v) is 8.90. The molecule has 1 N–H and O–H groups in total. The fraction of sp³-hybridized carbons (Fsp3) is 0.562. The average Bonchev–Trinajstić information content (AvgIpc) is 2.92. The number of H-pyrrole nitrogens is 1. The highest BCUT2D eigenvalue weighted by molar-refractivity contribution is 7.20. The van der Waals surface area contributed by atoms with Gasteiger partial charge in [-0.25, -0.2) is 9.78 Å². The number of fused-ring (bicyclic) bond motifs is 1. The zero-order chi connectivity index (χ0) is 17.3. The quantitative estimate of drug-likeness (QED) is 0.836. The first kappa shape index (κ1) is 17.1. The minimum atomic E-state index is -0.424. The van der Waals surface area contributed by atoms with Crippen molar-refractivity contribution in [2.75, 3.05) is 39.8 Å². The molecule has 7 nitrogen and oxygen atoms in total. The summed E-state index contributed by atoms with van der Waals surface area (Å²) in [6, 6.07) is 0. The zero-order valence-corrected chi connectivity index (χ0v) is 15.0. The Morgan fingerprint density at radius 1 is 1.29 bits per heavy atom. The van der Waals surface area contributed by atoms with Crippen LogP contribution in [0.15, 0.2) is 4.79 Å². The lowest BCUT2D eigenvalue weighted by atomic mass is 10.2. The molecule has 3 rings (SSSR count). The van der Waals surface area contributed by atoms with Gasteiger partial charge in [-0.1, -0.05) is 6.92 Å². The number of thiophene rings is 1. The largest absolute Gasteiger partial charge is 0.465 e. The number of carbonyl (C=O) groups is 1. The molecule has 0 bridgehead atoms. The van der Waals surface area contributed by atoms with Crippen molar-refractivity contribution in [1.29, 1.82) is 0 Å². The Bertz CT molecular complexity index is 805. The smallest absolute Gasteiger partial charge is 0.348 e. The van der Waals surface area contributed by atoms with E-state index in [2.05, 4.69) is 26.7 Å². The van der Waals surface area contributed by atoms with Gasteiger partial charge in [-0.15, -0.1) is 11.3 Å². The number of aromatic amines is 1. The summed E-state index contributed by atoms with van der Waals surface area (Å²) < 4.78 is 4.78. The van der Waals surface area contributed by atoms with Gasteiger partial charge in [0.05, 0.1) is 19.0 Å². The Balaban J connectivity index is 1.86. The molecular formula is C16H22N4O3S. The summed E-state index contributed by atoms with van der Waals surface area (Å²) in [6.45, 7) is 9.61. The van der Waals surface area contributed by atoms with E-state index in [9.17, 15) is 9.59 Å². The summed E-state index contributed by atoms with van der Waals surface area (Å²) >= 11 is 1.22. The first-order chi connectivity index (χ1) is 11.5. The molecule has 0 spiro atoms. The van der Waals surface area contributed by atoms with E-state index >= 15 is 0 Å². The van der Waals surface area contributed by atoms with Crippen molar-refractivity contribution < 1.29 is 9.53 Å². The zero-order valence-electron chi connectivity index (χ0n) is 14.2. The summed E-state index contributed by atoms with van der Waals surface area (Å²) in [6.07, 6.45) is 0. The van der Waals surface area contributed by atoms with E-state index < -0.39 is 5.97 Å². The molecule has 130 valence electrons. The molecule has 24 heavy (non-hydrogen) atoms. The summed E-state index contributed by atoms with van der Waals surface area (Å²) in [5.74, 6) is 0.224. The number of hydrogen-bond donors (Lipinski definition) is 1. The Hall–Kier alpha value is -1.77. The SMILES string of the molecule is CCN1CCN(Cc2nc3sc(C(=O)OC)c(C)c3c(=O)[nH]2)CC1. The number of rotatable bonds is 4. The van der Waals surface area contributed by atoms with E-state index in [-0.39, 0.29) is 5.56 Å². The van der Waals surface area contributed by atoms with Gasteiger partial charge in [0.25, 0.3) is 5.56 Å². The molecule has 0 amide bonds. The van der Waals surface area contributed by atoms with Crippen LogP contribution in [0.2, 0.25) is 0 Å². The standard InChI is InChI=1S/C16H22N4O3S/c1-4-19-5-7-20(8-6-19)9-11-17-14(21)12-10(2)13(16(22)23-3)24-15(12)18-11/h4-9H2,1-3H3,(H,17,18,21). The third-order valence-electron chi connectivity index (χ3n) is 4.51. The number of ether oxygens (including phenoxy) is 1. The second-order valence-electron chi connectivity index (χ2n) is 5.95.